The van der Waals surface area contributed by atoms with Crippen LogP contribution in [0.15, 0.2) is 0 Å². The molecule has 1 N–H and O–H groups in total. The second-order valence-electron chi connectivity index (χ2n) is 7.87. The lowest BCUT2D eigenvalue weighted by atomic mass is 9.68. The topological polar surface area (TPSA) is 90.9 Å². The molecule has 3 aliphatic rings. The summed E-state index contributed by atoms with van der Waals surface area (Å²) in [4.78, 5) is 37.9. The van der Waals surface area contributed by atoms with Crippen LogP contribution in [0.4, 0.5) is 0 Å². The Kier molecular flexibility index (Phi) is 6.03. The first kappa shape index (κ1) is 20.8. The zero-order valence-corrected chi connectivity index (χ0v) is 17.7. The molecule has 3 heterocycles. The fraction of sp³-hybridized carbons (Fsp3) is 0.833. The first-order valence-electron chi connectivity index (χ1n) is 9.38. The van der Waals surface area contributed by atoms with Gasteiger partial charge in [0, 0.05) is 12.2 Å². The van der Waals surface area contributed by atoms with E-state index >= 15 is 0 Å². The molecule has 2 unspecified atom stereocenters. The molecule has 0 saturated carbocycles. The highest BCUT2D eigenvalue weighted by molar-refractivity contribution is 8.21. The summed E-state index contributed by atoms with van der Waals surface area (Å²) in [5, 5.41) is 3.22. The van der Waals surface area contributed by atoms with Crippen molar-refractivity contribution in [2.24, 2.45) is 23.2 Å². The molecule has 0 radical (unpaired) electrons. The van der Waals surface area contributed by atoms with Crippen molar-refractivity contribution in [1.29, 1.82) is 0 Å². The number of rotatable bonds is 5. The van der Waals surface area contributed by atoms with Crippen molar-refractivity contribution in [1.82, 2.24) is 5.32 Å². The molecule has 0 aliphatic carbocycles. The SMILES string of the molecule is CC(C)C1(C(C)C)C(=O)OC2(OC1=O)SCC(OC(=O)CC1CCNC1)S2. The van der Waals surface area contributed by atoms with E-state index in [1.54, 1.807) is 0 Å². The van der Waals surface area contributed by atoms with Crippen LogP contribution in [0.25, 0.3) is 0 Å². The Bertz CT molecular complexity index is 589. The summed E-state index contributed by atoms with van der Waals surface area (Å²) in [6.45, 7) is 9.02. The van der Waals surface area contributed by atoms with E-state index in [2.05, 4.69) is 5.32 Å². The number of ether oxygens (including phenoxy) is 3. The molecule has 0 aromatic heterocycles. The summed E-state index contributed by atoms with van der Waals surface area (Å²) in [5.41, 5.74) is -1.82. The van der Waals surface area contributed by atoms with Crippen LogP contribution in [0.1, 0.15) is 40.5 Å². The van der Waals surface area contributed by atoms with E-state index in [1.807, 2.05) is 27.7 Å². The number of nitrogens with one attached hydrogen (secondary N) is 1. The Morgan fingerprint density at radius 2 is 1.85 bits per heavy atom. The third-order valence-corrected chi connectivity index (χ3v) is 8.31. The summed E-state index contributed by atoms with van der Waals surface area (Å²) in [7, 11) is 0. The minimum Gasteiger partial charge on any atom is -0.450 e. The van der Waals surface area contributed by atoms with Crippen LogP contribution >= 0.6 is 23.5 Å². The van der Waals surface area contributed by atoms with Gasteiger partial charge in [-0.05, 0) is 49.0 Å². The standard InChI is InChI=1S/C18H27NO6S2/c1-10(2)17(11(3)4)15(21)24-18(25-16(17)22)26-9-14(27-18)23-13(20)7-12-5-6-19-8-12/h10-12,14,19H,5-9H2,1-4H3. The van der Waals surface area contributed by atoms with Gasteiger partial charge in [-0.1, -0.05) is 39.5 Å². The molecule has 3 saturated heterocycles. The van der Waals surface area contributed by atoms with Crippen LogP contribution in [0.2, 0.25) is 0 Å². The Morgan fingerprint density at radius 3 is 2.37 bits per heavy atom. The van der Waals surface area contributed by atoms with Crippen molar-refractivity contribution < 1.29 is 28.6 Å². The highest BCUT2D eigenvalue weighted by Gasteiger charge is 2.64. The van der Waals surface area contributed by atoms with E-state index in [4.69, 9.17) is 14.2 Å². The average molecular weight is 418 g/mol. The van der Waals surface area contributed by atoms with Crippen molar-refractivity contribution in [2.45, 2.75) is 50.4 Å². The first-order chi connectivity index (χ1) is 12.7. The molecule has 1 spiro atoms. The maximum atomic E-state index is 12.9. The second kappa shape index (κ2) is 7.83. The normalized spacial score (nSPS) is 29.3. The van der Waals surface area contributed by atoms with E-state index in [0.29, 0.717) is 18.1 Å². The van der Waals surface area contributed by atoms with Crippen molar-refractivity contribution in [3.63, 3.8) is 0 Å². The average Bonchev–Trinajstić information content (AvgIpc) is 3.16. The molecule has 0 amide bonds. The van der Waals surface area contributed by atoms with Crippen molar-refractivity contribution in [3.8, 4) is 0 Å². The Morgan fingerprint density at radius 1 is 1.22 bits per heavy atom. The van der Waals surface area contributed by atoms with Crippen LogP contribution in [0, 0.1) is 23.2 Å². The van der Waals surface area contributed by atoms with Gasteiger partial charge in [0.15, 0.2) is 10.9 Å². The monoisotopic (exact) mass is 417 g/mol. The molecule has 0 bridgehead atoms. The molecular weight excluding hydrogens is 390 g/mol. The van der Waals surface area contributed by atoms with E-state index in [-0.39, 0.29) is 17.8 Å². The lowest BCUT2D eigenvalue weighted by molar-refractivity contribution is -0.222. The van der Waals surface area contributed by atoms with Gasteiger partial charge in [-0.15, -0.1) is 0 Å². The van der Waals surface area contributed by atoms with Gasteiger partial charge in [-0.25, -0.2) is 0 Å². The van der Waals surface area contributed by atoms with Gasteiger partial charge in [-0.3, -0.25) is 14.4 Å². The molecule has 2 atom stereocenters. The molecule has 152 valence electrons. The van der Waals surface area contributed by atoms with E-state index in [1.165, 1.54) is 11.8 Å². The third kappa shape index (κ3) is 3.82. The summed E-state index contributed by atoms with van der Waals surface area (Å²) in [6, 6.07) is 0. The van der Waals surface area contributed by atoms with Crippen LogP contribution < -0.4 is 5.32 Å². The van der Waals surface area contributed by atoms with Crippen molar-refractivity contribution in [3.05, 3.63) is 0 Å². The molecule has 3 aliphatic heterocycles. The summed E-state index contributed by atoms with van der Waals surface area (Å²) in [6.07, 6.45) is 1.33. The molecule has 9 heteroatoms. The highest BCUT2D eigenvalue weighted by Crippen LogP contribution is 2.56. The predicted octanol–water partition coefficient (Wildman–Crippen LogP) is 2.34. The summed E-state index contributed by atoms with van der Waals surface area (Å²) in [5.74, 6) is -1.20. The van der Waals surface area contributed by atoms with E-state index in [0.717, 1.165) is 31.3 Å². The molecule has 3 rings (SSSR count). The van der Waals surface area contributed by atoms with Gasteiger partial charge >= 0.3 is 22.4 Å². The summed E-state index contributed by atoms with van der Waals surface area (Å²) < 4.78 is 15.3. The fourth-order valence-electron chi connectivity index (χ4n) is 3.99. The number of carbonyl (C=O) groups excluding carboxylic acids is 3. The molecule has 3 fully saturated rings. The third-order valence-electron chi connectivity index (χ3n) is 5.48. The Balaban J connectivity index is 1.63. The first-order valence-corrected chi connectivity index (χ1v) is 11.2. The molecule has 27 heavy (non-hydrogen) atoms. The van der Waals surface area contributed by atoms with Gasteiger partial charge in [0.2, 0.25) is 0 Å². The van der Waals surface area contributed by atoms with Crippen LogP contribution in [-0.2, 0) is 28.6 Å². The molecule has 7 nitrogen and oxygen atoms in total. The zero-order valence-electron chi connectivity index (χ0n) is 16.1. The number of thioether (sulfide) groups is 2. The lowest BCUT2D eigenvalue weighted by Gasteiger charge is -2.44. The van der Waals surface area contributed by atoms with Gasteiger partial charge < -0.3 is 19.5 Å². The quantitative estimate of drug-likeness (QED) is 0.534. The van der Waals surface area contributed by atoms with Crippen LogP contribution in [0.3, 0.4) is 0 Å². The summed E-state index contributed by atoms with van der Waals surface area (Å²) >= 11 is 2.25. The van der Waals surface area contributed by atoms with Gasteiger partial charge in [0.1, 0.15) is 0 Å². The minimum absolute atomic E-state index is 0.250. The van der Waals surface area contributed by atoms with Crippen molar-refractivity contribution in [2.75, 3.05) is 18.8 Å². The molecule has 0 aromatic rings. The van der Waals surface area contributed by atoms with Crippen LogP contribution in [-0.4, -0.2) is 46.6 Å². The minimum atomic E-state index is -1.46. The predicted molar refractivity (Wildman–Crippen MR) is 103 cm³/mol. The second-order valence-corrected chi connectivity index (χ2v) is 10.6. The lowest BCUT2D eigenvalue weighted by Crippen LogP contribution is -2.58. The number of hydrogen-bond acceptors (Lipinski definition) is 9. The number of hydrogen-bond donors (Lipinski definition) is 1. The van der Waals surface area contributed by atoms with E-state index in [9.17, 15) is 14.4 Å². The smallest absolute Gasteiger partial charge is 0.362 e. The fourth-order valence-corrected chi connectivity index (χ4v) is 6.67. The molecule has 0 aromatic carbocycles. The van der Waals surface area contributed by atoms with Gasteiger partial charge in [0.25, 0.3) is 0 Å². The van der Waals surface area contributed by atoms with Crippen molar-refractivity contribution >= 4 is 41.4 Å². The van der Waals surface area contributed by atoms with E-state index < -0.39 is 27.2 Å². The maximum absolute atomic E-state index is 12.9. The van der Waals surface area contributed by atoms with Gasteiger partial charge in [0.05, 0.1) is 0 Å². The highest BCUT2D eigenvalue weighted by atomic mass is 32.2. The van der Waals surface area contributed by atoms with Gasteiger partial charge in [-0.2, -0.15) is 0 Å². The van der Waals surface area contributed by atoms with Crippen LogP contribution in [0.5, 0.6) is 0 Å². The largest absolute Gasteiger partial charge is 0.450 e. The molecular formula is C18H27NO6S2. The maximum Gasteiger partial charge on any atom is 0.362 e. The number of esters is 3. The Labute approximate surface area is 168 Å². The Hall–Kier alpha value is -0.930. The number of carbonyl (C=O) groups is 3. The zero-order chi connectivity index (χ0) is 19.8.